The fourth-order valence-corrected chi connectivity index (χ4v) is 8.52. The van der Waals surface area contributed by atoms with Crippen molar-refractivity contribution in [3.63, 3.8) is 0 Å². The molecular weight excluding hydrogens is 1550 g/mol. The first kappa shape index (κ1) is 114. The van der Waals surface area contributed by atoms with Gasteiger partial charge in [-0.2, -0.15) is 109 Å². The van der Waals surface area contributed by atoms with Crippen molar-refractivity contribution in [1.29, 1.82) is 0 Å². The Morgan fingerprint density at radius 2 is 0.688 bits per heavy atom. The van der Waals surface area contributed by atoms with Crippen molar-refractivity contribution in [2.24, 2.45) is 0 Å². The molecule has 2 saturated heterocycles. The van der Waals surface area contributed by atoms with Crippen LogP contribution < -0.4 is 10.6 Å². The van der Waals surface area contributed by atoms with Crippen LogP contribution in [-0.2, 0) is 80.0 Å². The molecule has 0 radical (unpaired) electrons. The molecule has 36 heteroatoms. The molecule has 0 spiro atoms. The summed E-state index contributed by atoms with van der Waals surface area (Å²) in [6.07, 6.45) is 38.4. The molecule has 2 aromatic carbocycles. The van der Waals surface area contributed by atoms with Crippen LogP contribution in [-0.4, -0.2) is 210 Å². The summed E-state index contributed by atoms with van der Waals surface area (Å²) in [4.78, 5) is 111. The number of methoxy groups -OCH3 is 2. The number of benzene rings is 2. The van der Waals surface area contributed by atoms with Gasteiger partial charge in [-0.05, 0) is 146 Å². The van der Waals surface area contributed by atoms with Crippen molar-refractivity contribution < 1.29 is 86.0 Å². The number of hydrogen-bond acceptors (Lipinski definition) is 34. The summed E-state index contributed by atoms with van der Waals surface area (Å²) in [6, 6.07) is 15.8. The number of ether oxygens (including phenoxy) is 6. The minimum atomic E-state index is -0.655. The number of amides is 2. The third-order valence-electron chi connectivity index (χ3n) is 6.95. The van der Waals surface area contributed by atoms with Gasteiger partial charge in [0.2, 0.25) is 0 Å². The van der Waals surface area contributed by atoms with Crippen molar-refractivity contribution in [2.75, 3.05) is 151 Å². The van der Waals surface area contributed by atoms with E-state index >= 15 is 0 Å². The average Bonchev–Trinajstić information content (AvgIpc) is 2.46. The molecule has 4 aliphatic rings. The fraction of sp³-hybridized carbons (Fsp3) is 0.433. The van der Waals surface area contributed by atoms with Crippen LogP contribution in [0, 0.1) is 0 Å². The van der Waals surface area contributed by atoms with Crippen molar-refractivity contribution in [3.05, 3.63) is 133 Å². The van der Waals surface area contributed by atoms with Crippen LogP contribution in [0.3, 0.4) is 0 Å². The molecule has 2 heterocycles. The molecular formula is C60H90N2O18S16. The lowest BCUT2D eigenvalue weighted by Gasteiger charge is -2.04. The molecule has 2 N–H and O–H groups in total. The van der Waals surface area contributed by atoms with Gasteiger partial charge < -0.3 is 39.1 Å². The monoisotopic (exact) mass is 1640 g/mol. The van der Waals surface area contributed by atoms with Crippen LogP contribution in [0.1, 0.15) is 11.1 Å². The molecule has 6 rings (SSSR count). The van der Waals surface area contributed by atoms with E-state index < -0.39 is 18.4 Å². The normalized spacial score (nSPS) is 10.4. The highest BCUT2D eigenvalue weighted by Gasteiger charge is 2.03. The molecule has 2 aromatic rings. The van der Waals surface area contributed by atoms with Crippen LogP contribution in [0.4, 0.5) is 19.2 Å². The SMILES string of the molecule is C1CS1.C1CS1.C=C1C=CC(=S)C=C1.C=C1C=CC(=S)C=C1.CNC(=O)OCCSSC.CNC(=O)OCc1ccc(SSC)cc1.COC(=O)OCCSSC.COC(=O)OCc1ccc(SSC)cc1.CSC.CSC.CSC.CSC.O=C=O.O=C=O.O=C=O.O=C=O. The number of carbonyl (C=O) groups is 4. The van der Waals surface area contributed by atoms with E-state index in [1.807, 2.05) is 196 Å². The van der Waals surface area contributed by atoms with Crippen LogP contribution in [0.25, 0.3) is 0 Å². The van der Waals surface area contributed by atoms with Gasteiger partial charge in [0.05, 0.1) is 14.2 Å². The number of thioether (sulfide) groups is 6. The highest BCUT2D eigenvalue weighted by Crippen LogP contribution is 2.29. The topological polar surface area (TPSA) is 284 Å². The van der Waals surface area contributed by atoms with Gasteiger partial charge in [-0.15, -0.1) is 0 Å². The molecule has 2 amide bonds. The Balaban J connectivity index is -0.000000107. The number of alkyl carbamates (subject to hydrolysis) is 2. The van der Waals surface area contributed by atoms with E-state index in [4.69, 9.17) is 77.0 Å². The van der Waals surface area contributed by atoms with Crippen LogP contribution in [0.2, 0.25) is 0 Å². The number of allylic oxidation sites excluding steroid dienone is 10. The lowest BCUT2D eigenvalue weighted by Crippen LogP contribution is -2.20. The predicted molar refractivity (Wildman–Crippen MR) is 431 cm³/mol. The first-order valence-electron chi connectivity index (χ1n) is 26.0. The predicted octanol–water partition coefficient (Wildman–Crippen LogP) is 16.5. The van der Waals surface area contributed by atoms with Crippen molar-refractivity contribution in [2.45, 2.75) is 23.0 Å². The molecule has 0 atom stereocenters. The van der Waals surface area contributed by atoms with Crippen molar-refractivity contribution >= 4 is 240 Å². The zero-order chi connectivity index (χ0) is 75.7. The number of thiocarbonyl (C=S) groups is 2. The van der Waals surface area contributed by atoms with E-state index in [1.165, 1.54) is 47.0 Å². The minimum absolute atomic E-state index is 0.247. The number of rotatable bonds is 16. The van der Waals surface area contributed by atoms with Gasteiger partial charge in [-0.25, -0.2) is 19.2 Å². The summed E-state index contributed by atoms with van der Waals surface area (Å²) in [7, 11) is 19.1. The van der Waals surface area contributed by atoms with Gasteiger partial charge in [0.25, 0.3) is 0 Å². The molecule has 544 valence electrons. The van der Waals surface area contributed by atoms with Crippen molar-refractivity contribution in [1.82, 2.24) is 10.6 Å². The Labute approximate surface area is 637 Å². The Hall–Kier alpha value is -3.44. The lowest BCUT2D eigenvalue weighted by atomic mass is 10.1. The highest BCUT2D eigenvalue weighted by molar-refractivity contribution is 8.77. The van der Waals surface area contributed by atoms with Gasteiger partial charge in [-0.1, -0.05) is 173 Å². The van der Waals surface area contributed by atoms with E-state index in [0.29, 0.717) is 19.8 Å². The quantitative estimate of drug-likeness (QED) is 0.0394. The molecule has 20 nitrogen and oxygen atoms in total. The molecule has 0 saturated carbocycles. The summed E-state index contributed by atoms with van der Waals surface area (Å²) in [5.74, 6) is 7.31. The summed E-state index contributed by atoms with van der Waals surface area (Å²) < 4.78 is 27.6. The van der Waals surface area contributed by atoms with E-state index in [-0.39, 0.29) is 37.3 Å². The Morgan fingerprint density at radius 3 is 0.917 bits per heavy atom. The van der Waals surface area contributed by atoms with E-state index in [9.17, 15) is 19.2 Å². The third-order valence-corrected chi connectivity index (χ3v) is 15.3. The zero-order valence-corrected chi connectivity index (χ0v) is 69.7. The maximum Gasteiger partial charge on any atom is 0.508 e. The first-order valence-corrected chi connectivity index (χ1v) is 46.2. The van der Waals surface area contributed by atoms with Gasteiger partial charge in [0.1, 0.15) is 26.4 Å². The Kier molecular flexibility index (Phi) is 125. The average molecular weight is 1640 g/mol. The molecule has 0 unspecified atom stereocenters. The molecule has 2 aliphatic carbocycles. The highest BCUT2D eigenvalue weighted by atomic mass is 33.1. The van der Waals surface area contributed by atoms with Gasteiger partial charge >= 0.3 is 49.1 Å². The third kappa shape index (κ3) is 131. The van der Waals surface area contributed by atoms with Crippen LogP contribution >= 0.6 is 181 Å². The molecule has 2 aliphatic heterocycles. The van der Waals surface area contributed by atoms with E-state index in [2.05, 4.69) is 38.0 Å². The van der Waals surface area contributed by atoms with Crippen LogP contribution in [0.5, 0.6) is 0 Å². The molecule has 96 heavy (non-hydrogen) atoms. The second-order valence-corrected chi connectivity index (χ2v) is 31.5. The summed E-state index contributed by atoms with van der Waals surface area (Å²) in [5.41, 5.74) is 3.96. The summed E-state index contributed by atoms with van der Waals surface area (Å²) >= 11 is 20.7. The molecule has 0 aromatic heterocycles. The minimum Gasteiger partial charge on any atom is -0.449 e. The Morgan fingerprint density at radius 1 is 0.438 bits per heavy atom. The van der Waals surface area contributed by atoms with Gasteiger partial charge in [0.15, 0.2) is 0 Å². The van der Waals surface area contributed by atoms with Gasteiger partial charge in [-0.3, -0.25) is 0 Å². The van der Waals surface area contributed by atoms with E-state index in [1.54, 1.807) is 147 Å². The molecule has 0 bridgehead atoms. The maximum atomic E-state index is 10.8. The number of nitrogens with one attached hydrogen (secondary N) is 2. The Bertz CT molecular complexity index is 2180. The maximum absolute atomic E-state index is 10.8. The lowest BCUT2D eigenvalue weighted by molar-refractivity contribution is -0.193. The second-order valence-electron chi connectivity index (χ2n) is 14.5. The second kappa shape index (κ2) is 105. The standard InChI is InChI=1S/C10H13NO2S2.C10H12O3S2.2C7H6S.C5H11NO2S2.C5H10O3S2.2C2H4S.4C2H6S.4CO2/c1-11-10(12)13-7-8-3-5-9(6-4-8)15-14-2;1-12-10(11)13-7-8-3-5-9(6-4-8)15-14-2;2*1-6-2-4-7(8)5-3-6;1-6-5(7)8-3-4-10-9-2;1-7-5(6)8-3-4-10-9-2;2*1-2-3-1;4*1-3-2;4*2-1-3/h3-6H,7H2,1-2H3,(H,11,12);3-6H,7H2,1-2H3;2*2-5H,1H2;3-4H2,1-2H3,(H,6,7);3-4H2,1-2H3;2*1-2H2;4*1-2H3;;;;. The van der Waals surface area contributed by atoms with Gasteiger partial charge in [0, 0.05) is 68.1 Å². The van der Waals surface area contributed by atoms with E-state index in [0.717, 1.165) is 43.5 Å². The largest absolute Gasteiger partial charge is 0.508 e. The smallest absolute Gasteiger partial charge is 0.449 e. The number of hydrogen-bond donors (Lipinski definition) is 2. The fourth-order valence-electron chi connectivity index (χ4n) is 3.50. The number of carbonyl (C=O) groups excluding carboxylic acids is 12. The first-order chi connectivity index (χ1) is 46.0. The van der Waals surface area contributed by atoms with Crippen molar-refractivity contribution in [3.8, 4) is 0 Å². The summed E-state index contributed by atoms with van der Waals surface area (Å²) in [5, 5.41) is 4.76. The molecule has 2 fully saturated rings. The van der Waals surface area contributed by atoms with Crippen LogP contribution in [0.15, 0.2) is 131 Å². The zero-order valence-electron chi connectivity index (χ0n) is 56.6. The summed E-state index contributed by atoms with van der Waals surface area (Å²) in [6.45, 7) is 8.88.